The molecule has 1 aliphatic rings. The highest BCUT2D eigenvalue weighted by molar-refractivity contribution is 7.89. The van der Waals surface area contributed by atoms with E-state index < -0.39 is 22.6 Å². The zero-order chi connectivity index (χ0) is 21.8. The van der Waals surface area contributed by atoms with Gasteiger partial charge >= 0.3 is 6.18 Å². The summed E-state index contributed by atoms with van der Waals surface area (Å²) in [6.07, 6.45) is -3.06. The Morgan fingerprint density at radius 2 is 1.77 bits per heavy atom. The van der Waals surface area contributed by atoms with Crippen molar-refractivity contribution in [3.63, 3.8) is 0 Å². The Morgan fingerprint density at radius 3 is 2.33 bits per heavy atom. The largest absolute Gasteiger partial charge is 0.393 e. The molecule has 3 rings (SSSR count). The number of amides is 1. The standard InChI is InChI=1S/C20H22F3N3O3S/c21-20(22,23)13-15-4-6-18(7-5-15)30(28,29)26-11-8-16(9-12-26)19(27)25-14-17-3-1-2-10-24-17/h1-7,10,16H,8-9,11-14H2,(H,25,27). The summed E-state index contributed by atoms with van der Waals surface area (Å²) in [6.45, 7) is 0.658. The Morgan fingerprint density at radius 1 is 1.10 bits per heavy atom. The number of aromatic nitrogens is 1. The van der Waals surface area contributed by atoms with Crippen LogP contribution in [0.5, 0.6) is 0 Å². The topological polar surface area (TPSA) is 79.4 Å². The lowest BCUT2D eigenvalue weighted by Gasteiger charge is -2.30. The second-order valence-electron chi connectivity index (χ2n) is 7.15. The minimum Gasteiger partial charge on any atom is -0.350 e. The summed E-state index contributed by atoms with van der Waals surface area (Å²) >= 11 is 0. The van der Waals surface area contributed by atoms with Gasteiger partial charge in [-0.2, -0.15) is 17.5 Å². The van der Waals surface area contributed by atoms with E-state index >= 15 is 0 Å². The number of nitrogens with one attached hydrogen (secondary N) is 1. The van der Waals surface area contributed by atoms with Crippen molar-refractivity contribution in [1.82, 2.24) is 14.6 Å². The van der Waals surface area contributed by atoms with Crippen LogP contribution in [0.15, 0.2) is 53.6 Å². The zero-order valence-corrected chi connectivity index (χ0v) is 16.9. The monoisotopic (exact) mass is 441 g/mol. The lowest BCUT2D eigenvalue weighted by atomic mass is 9.97. The van der Waals surface area contributed by atoms with Gasteiger partial charge in [0.25, 0.3) is 0 Å². The highest BCUT2D eigenvalue weighted by Gasteiger charge is 2.32. The molecule has 0 unspecified atom stereocenters. The summed E-state index contributed by atoms with van der Waals surface area (Å²) in [5, 5.41) is 2.82. The normalized spacial score (nSPS) is 16.4. The zero-order valence-electron chi connectivity index (χ0n) is 16.1. The number of sulfonamides is 1. The molecule has 1 aromatic carbocycles. The first-order chi connectivity index (χ1) is 14.1. The average Bonchev–Trinajstić information content (AvgIpc) is 2.72. The van der Waals surface area contributed by atoms with Gasteiger partial charge in [-0.3, -0.25) is 9.78 Å². The third-order valence-electron chi connectivity index (χ3n) is 4.96. The van der Waals surface area contributed by atoms with Crippen LogP contribution >= 0.6 is 0 Å². The number of benzene rings is 1. The fourth-order valence-corrected chi connectivity index (χ4v) is 4.81. The molecule has 162 valence electrons. The van der Waals surface area contributed by atoms with Crippen molar-refractivity contribution < 1.29 is 26.4 Å². The van der Waals surface area contributed by atoms with E-state index in [4.69, 9.17) is 0 Å². The molecule has 0 radical (unpaired) electrons. The van der Waals surface area contributed by atoms with Gasteiger partial charge in [-0.15, -0.1) is 0 Å². The first kappa shape index (κ1) is 22.2. The molecule has 1 N–H and O–H groups in total. The molecule has 30 heavy (non-hydrogen) atoms. The van der Waals surface area contributed by atoms with E-state index in [0.717, 1.165) is 5.69 Å². The minimum absolute atomic E-state index is 0.00438. The van der Waals surface area contributed by atoms with Gasteiger partial charge < -0.3 is 5.32 Å². The Labute approximate surface area is 173 Å². The summed E-state index contributed by atoms with van der Waals surface area (Å²) < 4.78 is 64.2. The molecule has 1 fully saturated rings. The van der Waals surface area contributed by atoms with Gasteiger partial charge in [0.05, 0.1) is 23.6 Å². The third kappa shape index (κ3) is 5.79. The number of alkyl halides is 3. The Bertz CT molecular complexity index is 956. The Hall–Kier alpha value is -2.46. The molecule has 0 spiro atoms. The highest BCUT2D eigenvalue weighted by atomic mass is 32.2. The van der Waals surface area contributed by atoms with Crippen LogP contribution in [0.1, 0.15) is 24.1 Å². The summed E-state index contributed by atoms with van der Waals surface area (Å²) in [6, 6.07) is 10.2. The molecule has 0 saturated carbocycles. The SMILES string of the molecule is O=C(NCc1ccccn1)C1CCN(S(=O)(=O)c2ccc(CC(F)(F)F)cc2)CC1. The van der Waals surface area contributed by atoms with Gasteiger partial charge in [-0.1, -0.05) is 18.2 Å². The number of piperidine rings is 1. The summed E-state index contributed by atoms with van der Waals surface area (Å²) in [4.78, 5) is 16.4. The molecule has 0 bridgehead atoms. The first-order valence-corrected chi connectivity index (χ1v) is 10.9. The molecular formula is C20H22F3N3O3S. The molecule has 2 heterocycles. The smallest absolute Gasteiger partial charge is 0.350 e. The van der Waals surface area contributed by atoms with Crippen LogP contribution in [0.25, 0.3) is 0 Å². The summed E-state index contributed by atoms with van der Waals surface area (Å²) in [5.74, 6) is -0.441. The van der Waals surface area contributed by atoms with Crippen LogP contribution < -0.4 is 5.32 Å². The number of carbonyl (C=O) groups is 1. The molecule has 1 saturated heterocycles. The molecule has 1 aromatic heterocycles. The Balaban J connectivity index is 1.55. The van der Waals surface area contributed by atoms with Gasteiger partial charge in [-0.05, 0) is 42.7 Å². The van der Waals surface area contributed by atoms with Gasteiger partial charge in [0.2, 0.25) is 15.9 Å². The van der Waals surface area contributed by atoms with Crippen molar-refractivity contribution in [1.29, 1.82) is 0 Å². The number of carbonyl (C=O) groups excluding carboxylic acids is 1. The Kier molecular flexibility index (Phi) is 6.77. The van der Waals surface area contributed by atoms with Gasteiger partial charge in [0.15, 0.2) is 0 Å². The van der Waals surface area contributed by atoms with Crippen LogP contribution in [0.3, 0.4) is 0 Å². The number of nitrogens with zero attached hydrogens (tertiary/aromatic N) is 2. The predicted molar refractivity (Wildman–Crippen MR) is 104 cm³/mol. The average molecular weight is 441 g/mol. The van der Waals surface area contributed by atoms with E-state index in [0.29, 0.717) is 19.4 Å². The van der Waals surface area contributed by atoms with Crippen LogP contribution in [0.4, 0.5) is 13.2 Å². The molecular weight excluding hydrogens is 419 g/mol. The third-order valence-corrected chi connectivity index (χ3v) is 6.87. The van der Waals surface area contributed by atoms with Crippen molar-refractivity contribution in [2.24, 2.45) is 5.92 Å². The maximum atomic E-state index is 12.8. The van der Waals surface area contributed by atoms with Crippen LogP contribution in [-0.2, 0) is 27.8 Å². The van der Waals surface area contributed by atoms with Crippen molar-refractivity contribution in [3.05, 3.63) is 59.9 Å². The number of rotatable bonds is 6. The minimum atomic E-state index is -4.35. The van der Waals surface area contributed by atoms with Gasteiger partial charge in [0, 0.05) is 25.2 Å². The van der Waals surface area contributed by atoms with E-state index in [-0.39, 0.29) is 35.4 Å². The van der Waals surface area contributed by atoms with Crippen molar-refractivity contribution in [2.45, 2.75) is 36.9 Å². The summed E-state index contributed by atoms with van der Waals surface area (Å²) in [5.41, 5.74) is 0.740. The predicted octanol–water partition coefficient (Wildman–Crippen LogP) is 2.90. The van der Waals surface area contributed by atoms with E-state index in [9.17, 15) is 26.4 Å². The number of pyridine rings is 1. The first-order valence-electron chi connectivity index (χ1n) is 9.48. The fraction of sp³-hybridized carbons (Fsp3) is 0.400. The molecule has 6 nitrogen and oxygen atoms in total. The maximum absolute atomic E-state index is 12.8. The quantitative estimate of drug-likeness (QED) is 0.748. The van der Waals surface area contributed by atoms with E-state index in [2.05, 4.69) is 10.3 Å². The van der Waals surface area contributed by atoms with Crippen LogP contribution in [0, 0.1) is 5.92 Å². The van der Waals surface area contributed by atoms with E-state index in [1.807, 2.05) is 6.07 Å². The van der Waals surface area contributed by atoms with Crippen molar-refractivity contribution >= 4 is 15.9 Å². The fourth-order valence-electron chi connectivity index (χ4n) is 3.34. The molecule has 0 aliphatic carbocycles. The van der Waals surface area contributed by atoms with E-state index in [1.54, 1.807) is 18.3 Å². The lowest BCUT2D eigenvalue weighted by Crippen LogP contribution is -2.42. The van der Waals surface area contributed by atoms with Crippen LogP contribution in [-0.4, -0.2) is 42.9 Å². The maximum Gasteiger partial charge on any atom is 0.393 e. The summed E-state index contributed by atoms with van der Waals surface area (Å²) in [7, 11) is -3.82. The number of hydrogen-bond donors (Lipinski definition) is 1. The van der Waals surface area contributed by atoms with Crippen molar-refractivity contribution in [2.75, 3.05) is 13.1 Å². The molecule has 10 heteroatoms. The molecule has 1 aliphatic heterocycles. The second kappa shape index (κ2) is 9.13. The molecule has 2 aromatic rings. The highest BCUT2D eigenvalue weighted by Crippen LogP contribution is 2.26. The van der Waals surface area contributed by atoms with Crippen molar-refractivity contribution in [3.8, 4) is 0 Å². The number of halogens is 3. The van der Waals surface area contributed by atoms with Crippen LogP contribution in [0.2, 0.25) is 0 Å². The van der Waals surface area contributed by atoms with Gasteiger partial charge in [0.1, 0.15) is 0 Å². The molecule has 1 amide bonds. The van der Waals surface area contributed by atoms with E-state index in [1.165, 1.54) is 28.6 Å². The lowest BCUT2D eigenvalue weighted by molar-refractivity contribution is -0.127. The molecule has 0 atom stereocenters. The second-order valence-corrected chi connectivity index (χ2v) is 9.09. The van der Waals surface area contributed by atoms with Gasteiger partial charge in [-0.25, -0.2) is 8.42 Å². The number of hydrogen-bond acceptors (Lipinski definition) is 4.